The Morgan fingerprint density at radius 1 is 1.46 bits per heavy atom. The number of hydrogen-bond donors (Lipinski definition) is 2. The van der Waals surface area contributed by atoms with Crippen molar-refractivity contribution in [3.63, 3.8) is 0 Å². The molecule has 2 fully saturated rings. The van der Waals surface area contributed by atoms with Crippen LogP contribution in [-0.2, 0) is 0 Å². The van der Waals surface area contributed by atoms with Crippen molar-refractivity contribution >= 4 is 5.91 Å². The molecule has 122 valence electrons. The number of aromatic amines is 1. The molecule has 24 heavy (non-hydrogen) atoms. The largest absolute Gasteiger partial charge is 0.337 e. The van der Waals surface area contributed by atoms with Crippen LogP contribution in [-0.4, -0.2) is 40.1 Å². The molecule has 1 amide bonds. The molecule has 6 nitrogen and oxygen atoms in total. The monoisotopic (exact) mass is 321 g/mol. The third-order valence-electron chi connectivity index (χ3n) is 5.26. The molecule has 2 heterocycles. The summed E-state index contributed by atoms with van der Waals surface area (Å²) in [5, 5.41) is 18.7. The molecule has 1 spiro atoms. The van der Waals surface area contributed by atoms with Gasteiger partial charge in [0.25, 0.3) is 5.91 Å². The van der Waals surface area contributed by atoms with Gasteiger partial charge in [0.15, 0.2) is 6.19 Å². The van der Waals surface area contributed by atoms with Crippen LogP contribution in [0, 0.1) is 23.8 Å². The average molecular weight is 321 g/mol. The lowest BCUT2D eigenvalue weighted by Gasteiger charge is -2.15. The van der Waals surface area contributed by atoms with Crippen molar-refractivity contribution in [3.05, 3.63) is 41.6 Å². The van der Waals surface area contributed by atoms with Crippen LogP contribution in [0.1, 0.15) is 28.9 Å². The number of amides is 1. The SMILES string of the molecule is Cc1ccc(-c2cc(C(=O)N3CC[C@@]4(CC4NC#N)C3)[nH]n2)cc1. The minimum Gasteiger partial charge on any atom is -0.337 e. The van der Waals surface area contributed by atoms with E-state index in [1.54, 1.807) is 0 Å². The third kappa shape index (κ3) is 2.42. The first-order valence-corrected chi connectivity index (χ1v) is 8.18. The predicted octanol–water partition coefficient (Wildman–Crippen LogP) is 2.06. The van der Waals surface area contributed by atoms with Gasteiger partial charge in [-0.25, -0.2) is 0 Å². The van der Waals surface area contributed by atoms with Gasteiger partial charge in [0.05, 0.1) is 5.69 Å². The van der Waals surface area contributed by atoms with Crippen molar-refractivity contribution in [2.75, 3.05) is 13.1 Å². The molecule has 2 N–H and O–H groups in total. The summed E-state index contributed by atoms with van der Waals surface area (Å²) in [7, 11) is 0. The van der Waals surface area contributed by atoms with Crippen LogP contribution in [0.4, 0.5) is 0 Å². The summed E-state index contributed by atoms with van der Waals surface area (Å²) >= 11 is 0. The van der Waals surface area contributed by atoms with Gasteiger partial charge in [-0.3, -0.25) is 9.89 Å². The second-order valence-electron chi connectivity index (χ2n) is 6.88. The first-order chi connectivity index (χ1) is 11.6. The normalized spacial score (nSPS) is 24.8. The zero-order valence-electron chi connectivity index (χ0n) is 13.5. The van der Waals surface area contributed by atoms with Crippen LogP contribution in [0.3, 0.4) is 0 Å². The number of carbonyl (C=O) groups excluding carboxylic acids is 1. The van der Waals surface area contributed by atoms with Gasteiger partial charge >= 0.3 is 0 Å². The first-order valence-electron chi connectivity index (χ1n) is 8.18. The van der Waals surface area contributed by atoms with E-state index in [1.807, 2.05) is 48.3 Å². The zero-order chi connectivity index (χ0) is 16.7. The van der Waals surface area contributed by atoms with E-state index >= 15 is 0 Å². The Balaban J connectivity index is 1.47. The minimum absolute atomic E-state index is 0.0136. The van der Waals surface area contributed by atoms with Gasteiger partial charge in [-0.2, -0.15) is 10.4 Å². The van der Waals surface area contributed by atoms with E-state index in [9.17, 15) is 4.79 Å². The summed E-state index contributed by atoms with van der Waals surface area (Å²) in [6.07, 6.45) is 3.94. The number of nitrogens with one attached hydrogen (secondary N) is 2. The van der Waals surface area contributed by atoms with Crippen molar-refractivity contribution in [1.82, 2.24) is 20.4 Å². The van der Waals surface area contributed by atoms with Gasteiger partial charge < -0.3 is 10.2 Å². The lowest BCUT2D eigenvalue weighted by Crippen LogP contribution is -2.30. The van der Waals surface area contributed by atoms with Crippen LogP contribution < -0.4 is 5.32 Å². The fourth-order valence-electron chi connectivity index (χ4n) is 3.62. The van der Waals surface area contributed by atoms with Crippen molar-refractivity contribution in [2.45, 2.75) is 25.8 Å². The number of rotatable bonds is 3. The Morgan fingerprint density at radius 3 is 3.00 bits per heavy atom. The van der Waals surface area contributed by atoms with E-state index in [1.165, 1.54) is 5.56 Å². The van der Waals surface area contributed by atoms with Crippen molar-refractivity contribution in [2.24, 2.45) is 5.41 Å². The molecule has 0 radical (unpaired) electrons. The van der Waals surface area contributed by atoms with E-state index in [-0.39, 0.29) is 17.4 Å². The van der Waals surface area contributed by atoms with Gasteiger partial charge in [-0.05, 0) is 25.8 Å². The van der Waals surface area contributed by atoms with Crippen LogP contribution in [0.25, 0.3) is 11.3 Å². The molecule has 1 aromatic carbocycles. The van der Waals surface area contributed by atoms with E-state index in [2.05, 4.69) is 15.5 Å². The summed E-state index contributed by atoms with van der Waals surface area (Å²) in [5.74, 6) is -0.0136. The summed E-state index contributed by atoms with van der Waals surface area (Å²) in [4.78, 5) is 14.6. The van der Waals surface area contributed by atoms with Crippen LogP contribution in [0.5, 0.6) is 0 Å². The second kappa shape index (κ2) is 5.38. The van der Waals surface area contributed by atoms with Gasteiger partial charge in [0.2, 0.25) is 0 Å². The first kappa shape index (κ1) is 14.8. The molecule has 1 saturated carbocycles. The Morgan fingerprint density at radius 2 is 2.25 bits per heavy atom. The highest BCUT2D eigenvalue weighted by molar-refractivity contribution is 5.93. The molecule has 2 atom stereocenters. The maximum atomic E-state index is 12.7. The highest BCUT2D eigenvalue weighted by Crippen LogP contribution is 2.52. The molecule has 1 aliphatic heterocycles. The average Bonchev–Trinajstić information content (AvgIpc) is 2.97. The number of nitrogens with zero attached hydrogens (tertiary/aromatic N) is 3. The van der Waals surface area contributed by atoms with Gasteiger partial charge in [-0.1, -0.05) is 29.8 Å². The maximum Gasteiger partial charge on any atom is 0.271 e. The number of carbonyl (C=O) groups is 1. The summed E-state index contributed by atoms with van der Waals surface area (Å²) in [5.41, 5.74) is 3.59. The molecule has 4 rings (SSSR count). The number of likely N-dealkylation sites (tertiary alicyclic amines) is 1. The lowest BCUT2D eigenvalue weighted by molar-refractivity contribution is 0.0778. The highest BCUT2D eigenvalue weighted by Gasteiger charge is 2.58. The number of aryl methyl sites for hydroxylation is 1. The van der Waals surface area contributed by atoms with E-state index < -0.39 is 0 Å². The standard InChI is InChI=1S/C18H19N5O/c1-12-2-4-13(5-3-12)14-8-15(22-21-14)17(24)23-7-6-18(10-23)9-16(18)20-11-19/h2-5,8,16,20H,6-7,9-10H2,1H3,(H,21,22)/t16?,18-/m1/s1. The van der Waals surface area contributed by atoms with Gasteiger partial charge in [-0.15, -0.1) is 0 Å². The number of aromatic nitrogens is 2. The van der Waals surface area contributed by atoms with Gasteiger partial charge in [0.1, 0.15) is 5.69 Å². The van der Waals surface area contributed by atoms with E-state index in [4.69, 9.17) is 5.26 Å². The van der Waals surface area contributed by atoms with Crippen LogP contribution >= 0.6 is 0 Å². The molecule has 6 heteroatoms. The molecule has 1 aliphatic carbocycles. The summed E-state index contributed by atoms with van der Waals surface area (Å²) in [6, 6.07) is 10.1. The van der Waals surface area contributed by atoms with Crippen LogP contribution in [0.2, 0.25) is 0 Å². The Labute approximate surface area is 140 Å². The molecule has 1 saturated heterocycles. The predicted molar refractivity (Wildman–Crippen MR) is 88.9 cm³/mol. The topological polar surface area (TPSA) is 84.8 Å². The summed E-state index contributed by atoms with van der Waals surface area (Å²) in [6.45, 7) is 3.49. The molecular weight excluding hydrogens is 302 g/mol. The highest BCUT2D eigenvalue weighted by atomic mass is 16.2. The lowest BCUT2D eigenvalue weighted by atomic mass is 10.1. The molecule has 2 aliphatic rings. The van der Waals surface area contributed by atoms with Gasteiger partial charge in [0, 0.05) is 30.1 Å². The molecule has 2 aromatic rings. The molecule has 1 aromatic heterocycles. The van der Waals surface area contributed by atoms with E-state index in [0.717, 1.165) is 30.6 Å². The number of hydrogen-bond acceptors (Lipinski definition) is 4. The Bertz CT molecular complexity index is 819. The van der Waals surface area contributed by atoms with E-state index in [0.29, 0.717) is 12.2 Å². The number of benzene rings is 1. The smallest absolute Gasteiger partial charge is 0.271 e. The Kier molecular flexibility index (Phi) is 3.31. The van der Waals surface area contributed by atoms with Crippen molar-refractivity contribution in [3.8, 4) is 17.5 Å². The van der Waals surface area contributed by atoms with Crippen molar-refractivity contribution < 1.29 is 4.79 Å². The van der Waals surface area contributed by atoms with Crippen molar-refractivity contribution in [1.29, 1.82) is 5.26 Å². The molecular formula is C18H19N5O. The second-order valence-corrected chi connectivity index (χ2v) is 6.88. The number of H-pyrrole nitrogens is 1. The number of nitriles is 1. The summed E-state index contributed by atoms with van der Waals surface area (Å²) < 4.78 is 0. The fourth-order valence-corrected chi connectivity index (χ4v) is 3.62. The van der Waals surface area contributed by atoms with Crippen LogP contribution in [0.15, 0.2) is 30.3 Å². The molecule has 1 unspecified atom stereocenters. The zero-order valence-corrected chi connectivity index (χ0v) is 13.5. The third-order valence-corrected chi connectivity index (χ3v) is 5.26. The maximum absolute atomic E-state index is 12.7. The molecule has 0 bridgehead atoms. The minimum atomic E-state index is -0.0136. The Hall–Kier alpha value is -2.81. The fraction of sp³-hybridized carbons (Fsp3) is 0.389. The quantitative estimate of drug-likeness (QED) is 0.669.